The predicted molar refractivity (Wildman–Crippen MR) is 101 cm³/mol. The summed E-state index contributed by atoms with van der Waals surface area (Å²) in [5.41, 5.74) is 0.990. The molecule has 2 aliphatic rings. The van der Waals surface area contributed by atoms with E-state index in [-0.39, 0.29) is 11.8 Å². The number of aromatic nitrogens is 2. The molecule has 26 heavy (non-hydrogen) atoms. The number of para-hydroxylation sites is 1. The molecule has 1 amide bonds. The Bertz CT molecular complexity index is 762. The lowest BCUT2D eigenvalue weighted by atomic mass is 9.95. The zero-order chi connectivity index (χ0) is 17.9. The van der Waals surface area contributed by atoms with Crippen molar-refractivity contribution in [1.29, 1.82) is 0 Å². The molecular formula is C20H26N4O2. The van der Waals surface area contributed by atoms with Gasteiger partial charge in [-0.15, -0.1) is 0 Å². The summed E-state index contributed by atoms with van der Waals surface area (Å²) in [6.45, 7) is 4.09. The predicted octanol–water partition coefficient (Wildman–Crippen LogP) is 2.34. The Kier molecular flexibility index (Phi) is 5.02. The van der Waals surface area contributed by atoms with Crippen LogP contribution in [-0.2, 0) is 9.53 Å². The number of carbonyl (C=O) groups is 1. The Morgan fingerprint density at radius 3 is 2.81 bits per heavy atom. The molecule has 6 heteroatoms. The normalized spacial score (nSPS) is 21.3. The number of piperidine rings is 1. The molecule has 1 unspecified atom stereocenters. The average Bonchev–Trinajstić information content (AvgIpc) is 3.22. The zero-order valence-electron chi connectivity index (χ0n) is 15.3. The van der Waals surface area contributed by atoms with Crippen LogP contribution in [0, 0.1) is 11.8 Å². The lowest BCUT2D eigenvalue weighted by Crippen LogP contribution is -2.41. The van der Waals surface area contributed by atoms with Crippen molar-refractivity contribution in [1.82, 2.24) is 14.9 Å². The number of ether oxygens (including phenoxy) is 1. The molecular weight excluding hydrogens is 328 g/mol. The SMILES string of the molecule is CN(CC1CCN(c2ncnc3ccccc23)CC1)C(=O)C1CCOC1. The molecule has 0 spiro atoms. The van der Waals surface area contributed by atoms with Crippen LogP contribution in [0.5, 0.6) is 0 Å². The largest absolute Gasteiger partial charge is 0.381 e. The molecule has 0 saturated carbocycles. The fourth-order valence-corrected chi connectivity index (χ4v) is 4.09. The summed E-state index contributed by atoms with van der Waals surface area (Å²) in [6.07, 6.45) is 4.68. The molecule has 2 fully saturated rings. The van der Waals surface area contributed by atoms with Crippen molar-refractivity contribution in [3.05, 3.63) is 30.6 Å². The highest BCUT2D eigenvalue weighted by Gasteiger charge is 2.29. The number of hydrogen-bond acceptors (Lipinski definition) is 5. The quantitative estimate of drug-likeness (QED) is 0.843. The number of carbonyl (C=O) groups excluding carboxylic acids is 1. The Morgan fingerprint density at radius 1 is 1.23 bits per heavy atom. The fraction of sp³-hybridized carbons (Fsp3) is 0.550. The molecule has 6 nitrogen and oxygen atoms in total. The molecule has 0 N–H and O–H groups in total. The molecule has 0 bridgehead atoms. The highest BCUT2D eigenvalue weighted by molar-refractivity contribution is 5.89. The van der Waals surface area contributed by atoms with E-state index in [0.29, 0.717) is 12.5 Å². The lowest BCUT2D eigenvalue weighted by molar-refractivity contribution is -0.134. The van der Waals surface area contributed by atoms with Crippen LogP contribution in [0.4, 0.5) is 5.82 Å². The molecule has 4 rings (SSSR count). The number of amides is 1. The van der Waals surface area contributed by atoms with Gasteiger partial charge in [-0.05, 0) is 37.3 Å². The third-order valence-corrected chi connectivity index (χ3v) is 5.62. The molecule has 3 heterocycles. The van der Waals surface area contributed by atoms with E-state index in [9.17, 15) is 4.79 Å². The van der Waals surface area contributed by atoms with Gasteiger partial charge in [-0.25, -0.2) is 9.97 Å². The first kappa shape index (κ1) is 17.2. The van der Waals surface area contributed by atoms with E-state index in [1.165, 1.54) is 0 Å². The van der Waals surface area contributed by atoms with Crippen molar-refractivity contribution in [2.24, 2.45) is 11.8 Å². The number of fused-ring (bicyclic) bond motifs is 1. The maximum Gasteiger partial charge on any atom is 0.227 e. The van der Waals surface area contributed by atoms with Gasteiger partial charge < -0.3 is 14.5 Å². The summed E-state index contributed by atoms with van der Waals surface area (Å²) in [6, 6.07) is 8.16. The molecule has 0 radical (unpaired) electrons. The fourth-order valence-electron chi connectivity index (χ4n) is 4.09. The van der Waals surface area contributed by atoms with Gasteiger partial charge in [0.05, 0.1) is 18.0 Å². The van der Waals surface area contributed by atoms with Gasteiger partial charge in [0.1, 0.15) is 12.1 Å². The van der Waals surface area contributed by atoms with Crippen LogP contribution >= 0.6 is 0 Å². The van der Waals surface area contributed by atoms with Gasteiger partial charge in [-0.2, -0.15) is 0 Å². The van der Waals surface area contributed by atoms with Gasteiger partial charge in [0.2, 0.25) is 5.91 Å². The van der Waals surface area contributed by atoms with Gasteiger partial charge in [0.15, 0.2) is 0 Å². The molecule has 2 aromatic rings. The van der Waals surface area contributed by atoms with Gasteiger partial charge in [-0.1, -0.05) is 12.1 Å². The number of nitrogens with zero attached hydrogens (tertiary/aromatic N) is 4. The van der Waals surface area contributed by atoms with Crippen molar-refractivity contribution in [3.63, 3.8) is 0 Å². The molecule has 0 aliphatic carbocycles. The smallest absolute Gasteiger partial charge is 0.227 e. The van der Waals surface area contributed by atoms with Crippen molar-refractivity contribution in [2.45, 2.75) is 19.3 Å². The summed E-state index contributed by atoms with van der Waals surface area (Å²) in [4.78, 5) is 25.6. The van der Waals surface area contributed by atoms with Gasteiger partial charge in [-0.3, -0.25) is 4.79 Å². The Balaban J connectivity index is 1.36. The van der Waals surface area contributed by atoms with Crippen LogP contribution in [0.15, 0.2) is 30.6 Å². The summed E-state index contributed by atoms with van der Waals surface area (Å²) in [5, 5.41) is 1.11. The van der Waals surface area contributed by atoms with Crippen LogP contribution in [0.25, 0.3) is 10.9 Å². The van der Waals surface area contributed by atoms with Gasteiger partial charge in [0.25, 0.3) is 0 Å². The van der Waals surface area contributed by atoms with Crippen LogP contribution in [0.2, 0.25) is 0 Å². The minimum atomic E-state index is 0.0625. The third-order valence-electron chi connectivity index (χ3n) is 5.62. The first-order valence-corrected chi connectivity index (χ1v) is 9.50. The second-order valence-corrected chi connectivity index (χ2v) is 7.42. The average molecular weight is 354 g/mol. The molecule has 2 saturated heterocycles. The number of hydrogen-bond donors (Lipinski definition) is 0. The number of anilines is 1. The standard InChI is InChI=1S/C20H26N4O2/c1-23(20(25)16-8-11-26-13-16)12-15-6-9-24(10-7-15)19-17-4-2-3-5-18(17)21-14-22-19/h2-5,14-16H,6-13H2,1H3. The third kappa shape index (κ3) is 3.51. The van der Waals surface area contributed by atoms with Crippen LogP contribution in [0.1, 0.15) is 19.3 Å². The Labute approximate surface area is 154 Å². The maximum atomic E-state index is 12.5. The van der Waals surface area contributed by atoms with Crippen LogP contribution in [0.3, 0.4) is 0 Å². The minimum absolute atomic E-state index is 0.0625. The van der Waals surface area contributed by atoms with E-state index < -0.39 is 0 Å². The first-order valence-electron chi connectivity index (χ1n) is 9.50. The summed E-state index contributed by atoms with van der Waals surface area (Å²) in [7, 11) is 1.94. The Hall–Kier alpha value is -2.21. The highest BCUT2D eigenvalue weighted by Crippen LogP contribution is 2.28. The second-order valence-electron chi connectivity index (χ2n) is 7.42. The van der Waals surface area contributed by atoms with E-state index in [0.717, 1.165) is 62.2 Å². The summed E-state index contributed by atoms with van der Waals surface area (Å²) < 4.78 is 5.35. The van der Waals surface area contributed by atoms with Crippen molar-refractivity contribution >= 4 is 22.6 Å². The summed E-state index contributed by atoms with van der Waals surface area (Å²) in [5.74, 6) is 1.89. The monoisotopic (exact) mass is 354 g/mol. The highest BCUT2D eigenvalue weighted by atomic mass is 16.5. The van der Waals surface area contributed by atoms with Gasteiger partial charge in [0, 0.05) is 38.7 Å². The summed E-state index contributed by atoms with van der Waals surface area (Å²) >= 11 is 0. The van der Waals surface area contributed by atoms with Crippen molar-refractivity contribution in [3.8, 4) is 0 Å². The minimum Gasteiger partial charge on any atom is -0.381 e. The number of rotatable bonds is 4. The van der Waals surface area contributed by atoms with Crippen LogP contribution < -0.4 is 4.90 Å². The number of benzene rings is 1. The maximum absolute atomic E-state index is 12.5. The van der Waals surface area contributed by atoms with Crippen molar-refractivity contribution in [2.75, 3.05) is 44.8 Å². The van der Waals surface area contributed by atoms with E-state index in [4.69, 9.17) is 4.74 Å². The topological polar surface area (TPSA) is 58.6 Å². The molecule has 1 aromatic heterocycles. The van der Waals surface area contributed by atoms with Crippen molar-refractivity contribution < 1.29 is 9.53 Å². The molecule has 1 atom stereocenters. The van der Waals surface area contributed by atoms with E-state index in [2.05, 4.69) is 20.9 Å². The molecule has 2 aliphatic heterocycles. The van der Waals surface area contributed by atoms with Crippen LogP contribution in [-0.4, -0.2) is 60.7 Å². The van der Waals surface area contributed by atoms with E-state index >= 15 is 0 Å². The van der Waals surface area contributed by atoms with Gasteiger partial charge >= 0.3 is 0 Å². The first-order chi connectivity index (χ1) is 12.7. The lowest BCUT2D eigenvalue weighted by Gasteiger charge is -2.35. The Morgan fingerprint density at radius 2 is 2.04 bits per heavy atom. The van der Waals surface area contributed by atoms with E-state index in [1.54, 1.807) is 6.33 Å². The molecule has 1 aromatic carbocycles. The second kappa shape index (κ2) is 7.58. The molecule has 138 valence electrons. The zero-order valence-corrected chi connectivity index (χ0v) is 15.3. The van der Waals surface area contributed by atoms with E-state index in [1.807, 2.05) is 30.1 Å².